The number of carboxylic acid groups (broad SMARTS) is 1. The monoisotopic (exact) mass is 316 g/mol. The molecule has 0 saturated carbocycles. The molecule has 0 radical (unpaired) electrons. The topological polar surface area (TPSA) is 46.5 Å². The molecule has 92 valence electrons. The predicted octanol–water partition coefficient (Wildman–Crippen LogP) is 3.42. The van der Waals surface area contributed by atoms with Crippen LogP contribution < -0.4 is 0 Å². The molecule has 1 aliphatic heterocycles. The lowest BCUT2D eigenvalue weighted by atomic mass is 10.2. The van der Waals surface area contributed by atoms with Gasteiger partial charge in [0.15, 0.2) is 0 Å². The van der Waals surface area contributed by atoms with Crippen molar-refractivity contribution in [2.75, 3.05) is 13.2 Å². The summed E-state index contributed by atoms with van der Waals surface area (Å²) in [5.74, 6) is -0.904. The second kappa shape index (κ2) is 5.89. The molecule has 5 heteroatoms. The summed E-state index contributed by atoms with van der Waals surface area (Å²) in [7, 11) is 0. The predicted molar refractivity (Wildman–Crippen MR) is 70.8 cm³/mol. The van der Waals surface area contributed by atoms with Crippen molar-refractivity contribution in [2.45, 2.75) is 23.0 Å². The molecule has 2 rings (SSSR count). The molecule has 3 nitrogen and oxygen atoms in total. The van der Waals surface area contributed by atoms with E-state index in [0.29, 0.717) is 15.3 Å². The van der Waals surface area contributed by atoms with E-state index < -0.39 is 5.97 Å². The standard InChI is InChI=1S/C12H13BrO3S/c13-11-4-3-8(6-10(11)12(14)15)17-9-2-1-5-16-7-9/h3-4,6,9H,1-2,5,7H2,(H,14,15). The minimum Gasteiger partial charge on any atom is -0.478 e. The summed E-state index contributed by atoms with van der Waals surface area (Å²) in [6.45, 7) is 1.60. The van der Waals surface area contributed by atoms with Crippen LogP contribution in [0.15, 0.2) is 27.6 Å². The minimum absolute atomic E-state index is 0.312. The van der Waals surface area contributed by atoms with Crippen molar-refractivity contribution in [3.63, 3.8) is 0 Å². The van der Waals surface area contributed by atoms with Gasteiger partial charge < -0.3 is 9.84 Å². The second-order valence-electron chi connectivity index (χ2n) is 3.90. The maximum atomic E-state index is 11.0. The number of thioether (sulfide) groups is 1. The van der Waals surface area contributed by atoms with E-state index in [1.165, 1.54) is 0 Å². The van der Waals surface area contributed by atoms with Crippen LogP contribution in [0.25, 0.3) is 0 Å². The van der Waals surface area contributed by atoms with E-state index in [1.54, 1.807) is 23.9 Å². The van der Waals surface area contributed by atoms with Crippen molar-refractivity contribution in [3.8, 4) is 0 Å². The van der Waals surface area contributed by atoms with Gasteiger partial charge in [0.25, 0.3) is 0 Å². The summed E-state index contributed by atoms with van der Waals surface area (Å²) in [5, 5.41) is 9.47. The van der Waals surface area contributed by atoms with Crippen LogP contribution in [-0.4, -0.2) is 29.5 Å². The minimum atomic E-state index is -0.904. The van der Waals surface area contributed by atoms with Crippen LogP contribution in [0.5, 0.6) is 0 Å². The fourth-order valence-electron chi connectivity index (χ4n) is 1.74. The lowest BCUT2D eigenvalue weighted by molar-refractivity contribution is 0.0695. The van der Waals surface area contributed by atoms with Gasteiger partial charge in [0.2, 0.25) is 0 Å². The van der Waals surface area contributed by atoms with Crippen molar-refractivity contribution >= 4 is 33.7 Å². The molecule has 1 saturated heterocycles. The normalized spacial score (nSPS) is 20.2. The summed E-state index contributed by atoms with van der Waals surface area (Å²) >= 11 is 4.94. The lowest BCUT2D eigenvalue weighted by Crippen LogP contribution is -2.19. The quantitative estimate of drug-likeness (QED) is 0.928. The highest BCUT2D eigenvalue weighted by atomic mass is 79.9. The molecule has 0 aliphatic carbocycles. The highest BCUT2D eigenvalue weighted by Gasteiger charge is 2.16. The van der Waals surface area contributed by atoms with E-state index in [0.717, 1.165) is 31.0 Å². The van der Waals surface area contributed by atoms with Gasteiger partial charge >= 0.3 is 5.97 Å². The van der Waals surface area contributed by atoms with Gasteiger partial charge in [-0.05, 0) is 47.0 Å². The van der Waals surface area contributed by atoms with Crippen LogP contribution in [0.1, 0.15) is 23.2 Å². The lowest BCUT2D eigenvalue weighted by Gasteiger charge is -2.21. The highest BCUT2D eigenvalue weighted by Crippen LogP contribution is 2.31. The number of rotatable bonds is 3. The molecule has 1 aromatic rings. The van der Waals surface area contributed by atoms with Gasteiger partial charge in [0.1, 0.15) is 0 Å². The Kier molecular flexibility index (Phi) is 4.48. The molecule has 1 aliphatic rings. The summed E-state index contributed by atoms with van der Waals surface area (Å²) < 4.78 is 6.03. The average molecular weight is 317 g/mol. The van der Waals surface area contributed by atoms with E-state index in [9.17, 15) is 4.79 Å². The number of aromatic carboxylic acids is 1. The van der Waals surface area contributed by atoms with Gasteiger partial charge in [-0.2, -0.15) is 0 Å². The Morgan fingerprint density at radius 2 is 2.35 bits per heavy atom. The van der Waals surface area contributed by atoms with Crippen LogP contribution in [0.4, 0.5) is 0 Å². The highest BCUT2D eigenvalue weighted by molar-refractivity contribution is 9.10. The molecule has 0 bridgehead atoms. The zero-order valence-corrected chi connectivity index (χ0v) is 11.6. The van der Waals surface area contributed by atoms with E-state index in [1.807, 2.05) is 6.07 Å². The first-order chi connectivity index (χ1) is 8.16. The van der Waals surface area contributed by atoms with Gasteiger partial charge in [-0.25, -0.2) is 4.79 Å². The molecular weight excluding hydrogens is 304 g/mol. The summed E-state index contributed by atoms with van der Waals surface area (Å²) in [4.78, 5) is 12.0. The molecule has 17 heavy (non-hydrogen) atoms. The smallest absolute Gasteiger partial charge is 0.336 e. The fraction of sp³-hybridized carbons (Fsp3) is 0.417. The third-order valence-electron chi connectivity index (χ3n) is 2.59. The van der Waals surface area contributed by atoms with E-state index >= 15 is 0 Å². The number of halogens is 1. The van der Waals surface area contributed by atoms with E-state index in [-0.39, 0.29) is 0 Å². The Morgan fingerprint density at radius 1 is 1.53 bits per heavy atom. The summed E-state index contributed by atoms with van der Waals surface area (Å²) in [6, 6.07) is 5.44. The number of hydrogen-bond acceptors (Lipinski definition) is 3. The van der Waals surface area contributed by atoms with E-state index in [2.05, 4.69) is 15.9 Å². The Labute approximate surface area is 113 Å². The van der Waals surface area contributed by atoms with Gasteiger partial charge in [0.05, 0.1) is 12.2 Å². The second-order valence-corrected chi connectivity index (χ2v) is 6.13. The Hall–Kier alpha value is -0.520. The molecule has 1 aromatic carbocycles. The molecule has 1 atom stereocenters. The molecule has 0 amide bonds. The number of ether oxygens (including phenoxy) is 1. The Morgan fingerprint density at radius 3 is 3.00 bits per heavy atom. The number of carboxylic acids is 1. The van der Waals surface area contributed by atoms with Crippen molar-refractivity contribution in [3.05, 3.63) is 28.2 Å². The number of benzene rings is 1. The molecular formula is C12H13BrO3S. The van der Waals surface area contributed by atoms with Crippen molar-refractivity contribution in [1.29, 1.82) is 0 Å². The molecule has 0 aromatic heterocycles. The molecule has 1 heterocycles. The van der Waals surface area contributed by atoms with Crippen LogP contribution >= 0.6 is 27.7 Å². The first kappa shape index (κ1) is 12.9. The molecule has 1 unspecified atom stereocenters. The third-order valence-corrected chi connectivity index (χ3v) is 4.51. The average Bonchev–Trinajstić information content (AvgIpc) is 2.32. The van der Waals surface area contributed by atoms with Crippen LogP contribution in [-0.2, 0) is 4.74 Å². The van der Waals surface area contributed by atoms with E-state index in [4.69, 9.17) is 9.84 Å². The van der Waals surface area contributed by atoms with Gasteiger partial charge in [-0.3, -0.25) is 0 Å². The number of hydrogen-bond donors (Lipinski definition) is 1. The van der Waals surface area contributed by atoms with Gasteiger partial charge in [-0.1, -0.05) is 0 Å². The summed E-state index contributed by atoms with van der Waals surface area (Å²) in [5.41, 5.74) is 0.312. The first-order valence-electron chi connectivity index (χ1n) is 5.44. The zero-order valence-electron chi connectivity index (χ0n) is 9.19. The van der Waals surface area contributed by atoms with Crippen molar-refractivity contribution in [1.82, 2.24) is 0 Å². The molecule has 1 fully saturated rings. The third kappa shape index (κ3) is 3.47. The maximum Gasteiger partial charge on any atom is 0.336 e. The van der Waals surface area contributed by atoms with Gasteiger partial charge in [-0.15, -0.1) is 11.8 Å². The maximum absolute atomic E-state index is 11.0. The fourth-order valence-corrected chi connectivity index (χ4v) is 3.32. The van der Waals surface area contributed by atoms with Crippen molar-refractivity contribution < 1.29 is 14.6 Å². The Bertz CT molecular complexity index is 416. The van der Waals surface area contributed by atoms with Crippen LogP contribution in [0, 0.1) is 0 Å². The zero-order chi connectivity index (χ0) is 12.3. The number of carbonyl (C=O) groups is 1. The SMILES string of the molecule is O=C(O)c1cc(SC2CCCOC2)ccc1Br. The van der Waals surface area contributed by atoms with Crippen LogP contribution in [0.2, 0.25) is 0 Å². The Balaban J connectivity index is 2.10. The largest absolute Gasteiger partial charge is 0.478 e. The van der Waals surface area contributed by atoms with Crippen molar-refractivity contribution in [2.24, 2.45) is 0 Å². The first-order valence-corrected chi connectivity index (χ1v) is 7.11. The van der Waals surface area contributed by atoms with Gasteiger partial charge in [0, 0.05) is 21.2 Å². The van der Waals surface area contributed by atoms with Crippen LogP contribution in [0.3, 0.4) is 0 Å². The summed E-state index contributed by atoms with van der Waals surface area (Å²) in [6.07, 6.45) is 2.21. The molecule has 1 N–H and O–H groups in total. The molecule has 0 spiro atoms.